The molecule has 1 atom stereocenters. The quantitative estimate of drug-likeness (QED) is 0.802. The third-order valence-corrected chi connectivity index (χ3v) is 5.60. The minimum Gasteiger partial charge on any atom is -0.469 e. The van der Waals surface area contributed by atoms with E-state index < -0.39 is 15.3 Å². The van der Waals surface area contributed by atoms with Crippen LogP contribution in [-0.4, -0.2) is 43.4 Å². The first-order valence-corrected chi connectivity index (χ1v) is 7.78. The molecule has 1 aromatic rings. The number of aliphatic hydroxyl groups is 2. The standard InChI is InChI=1S/C12H18O5S/c13-8-12(9-14,6-11-2-1-4-17-11)10-3-5-18(15,16)7-10/h1-2,4,10,13-14H,3,5-9H2. The maximum atomic E-state index is 11.5. The number of hydrogen-bond donors (Lipinski definition) is 2. The molecule has 102 valence electrons. The molecular weight excluding hydrogens is 256 g/mol. The Kier molecular flexibility index (Phi) is 3.79. The smallest absolute Gasteiger partial charge is 0.150 e. The SMILES string of the molecule is O=S1(=O)CCC(C(CO)(CO)Cc2ccco2)C1. The van der Waals surface area contributed by atoms with Crippen molar-refractivity contribution >= 4 is 9.84 Å². The predicted molar refractivity (Wildman–Crippen MR) is 65.8 cm³/mol. The number of sulfone groups is 1. The second-order valence-electron chi connectivity index (χ2n) is 5.03. The third-order valence-electron chi connectivity index (χ3n) is 3.83. The molecule has 2 heterocycles. The maximum absolute atomic E-state index is 11.5. The van der Waals surface area contributed by atoms with Gasteiger partial charge in [0.25, 0.3) is 0 Å². The van der Waals surface area contributed by atoms with Gasteiger partial charge in [-0.05, 0) is 24.5 Å². The van der Waals surface area contributed by atoms with Gasteiger partial charge in [0.05, 0.1) is 31.0 Å². The van der Waals surface area contributed by atoms with E-state index in [1.54, 1.807) is 12.1 Å². The van der Waals surface area contributed by atoms with Crippen molar-refractivity contribution in [2.45, 2.75) is 12.8 Å². The summed E-state index contributed by atoms with van der Waals surface area (Å²) in [6.07, 6.45) is 2.37. The summed E-state index contributed by atoms with van der Waals surface area (Å²) in [4.78, 5) is 0. The third kappa shape index (κ3) is 2.60. The van der Waals surface area contributed by atoms with E-state index >= 15 is 0 Å². The Balaban J connectivity index is 2.21. The lowest BCUT2D eigenvalue weighted by molar-refractivity contribution is 0.00857. The summed E-state index contributed by atoms with van der Waals surface area (Å²) in [5, 5.41) is 19.2. The van der Waals surface area contributed by atoms with E-state index in [0.29, 0.717) is 18.6 Å². The highest BCUT2D eigenvalue weighted by atomic mass is 32.2. The summed E-state index contributed by atoms with van der Waals surface area (Å²) < 4.78 is 28.3. The van der Waals surface area contributed by atoms with E-state index in [0.717, 1.165) is 0 Å². The van der Waals surface area contributed by atoms with Crippen LogP contribution >= 0.6 is 0 Å². The molecule has 1 saturated heterocycles. The molecule has 0 amide bonds. The minimum atomic E-state index is -3.03. The molecule has 0 saturated carbocycles. The van der Waals surface area contributed by atoms with E-state index in [4.69, 9.17) is 4.42 Å². The first-order chi connectivity index (χ1) is 8.51. The Hall–Kier alpha value is -0.850. The number of rotatable bonds is 5. The zero-order chi connectivity index (χ0) is 13.2. The molecule has 5 nitrogen and oxygen atoms in total. The lowest BCUT2D eigenvalue weighted by Crippen LogP contribution is -2.40. The molecule has 18 heavy (non-hydrogen) atoms. The Morgan fingerprint density at radius 3 is 2.56 bits per heavy atom. The summed E-state index contributed by atoms with van der Waals surface area (Å²) in [6.45, 7) is -0.491. The van der Waals surface area contributed by atoms with Crippen molar-refractivity contribution in [1.29, 1.82) is 0 Å². The van der Waals surface area contributed by atoms with Crippen LogP contribution in [0.15, 0.2) is 22.8 Å². The highest BCUT2D eigenvalue weighted by Crippen LogP contribution is 2.38. The molecule has 0 aliphatic carbocycles. The molecule has 1 aromatic heterocycles. The summed E-state index contributed by atoms with van der Waals surface area (Å²) in [6, 6.07) is 3.50. The fraction of sp³-hybridized carbons (Fsp3) is 0.667. The summed E-state index contributed by atoms with van der Waals surface area (Å²) in [7, 11) is -3.03. The molecule has 2 rings (SSSR count). The van der Waals surface area contributed by atoms with Crippen LogP contribution in [0.25, 0.3) is 0 Å². The molecule has 2 N–H and O–H groups in total. The van der Waals surface area contributed by atoms with Crippen molar-refractivity contribution < 1.29 is 23.0 Å². The van der Waals surface area contributed by atoms with Crippen molar-refractivity contribution in [3.8, 4) is 0 Å². The van der Waals surface area contributed by atoms with Crippen LogP contribution in [0.5, 0.6) is 0 Å². The molecule has 1 fully saturated rings. The Morgan fingerprint density at radius 2 is 2.11 bits per heavy atom. The van der Waals surface area contributed by atoms with Gasteiger partial charge in [-0.2, -0.15) is 0 Å². The van der Waals surface area contributed by atoms with Crippen LogP contribution in [0.2, 0.25) is 0 Å². The van der Waals surface area contributed by atoms with Crippen LogP contribution in [0.4, 0.5) is 0 Å². The summed E-state index contributed by atoms with van der Waals surface area (Å²) in [5.41, 5.74) is -0.818. The largest absolute Gasteiger partial charge is 0.469 e. The van der Waals surface area contributed by atoms with Gasteiger partial charge in [-0.3, -0.25) is 0 Å². The monoisotopic (exact) mass is 274 g/mol. The lowest BCUT2D eigenvalue weighted by Gasteiger charge is -2.34. The number of aliphatic hydroxyl groups excluding tert-OH is 2. The van der Waals surface area contributed by atoms with E-state index in [1.165, 1.54) is 6.26 Å². The van der Waals surface area contributed by atoms with Gasteiger partial charge in [-0.15, -0.1) is 0 Å². The Morgan fingerprint density at radius 1 is 1.39 bits per heavy atom. The molecule has 6 heteroatoms. The molecule has 0 bridgehead atoms. The Bertz CT molecular complexity index is 473. The molecule has 0 aromatic carbocycles. The van der Waals surface area contributed by atoms with Crippen LogP contribution in [0.1, 0.15) is 12.2 Å². The first kappa shape index (κ1) is 13.6. The van der Waals surface area contributed by atoms with Gasteiger partial charge in [-0.1, -0.05) is 0 Å². The van der Waals surface area contributed by atoms with E-state index in [2.05, 4.69) is 0 Å². The van der Waals surface area contributed by atoms with Crippen LogP contribution in [0.3, 0.4) is 0 Å². The number of hydrogen-bond acceptors (Lipinski definition) is 5. The Labute approximate surface area is 106 Å². The average molecular weight is 274 g/mol. The molecular formula is C12H18O5S. The highest BCUT2D eigenvalue weighted by Gasteiger charge is 2.44. The van der Waals surface area contributed by atoms with Crippen LogP contribution in [0, 0.1) is 11.3 Å². The normalized spacial score (nSPS) is 23.3. The van der Waals surface area contributed by atoms with Gasteiger partial charge in [0.2, 0.25) is 0 Å². The second kappa shape index (κ2) is 5.03. The number of furan rings is 1. The van der Waals surface area contributed by atoms with Gasteiger partial charge in [0.15, 0.2) is 9.84 Å². The van der Waals surface area contributed by atoms with Crippen molar-refractivity contribution in [3.05, 3.63) is 24.2 Å². The molecule has 1 unspecified atom stereocenters. The summed E-state index contributed by atoms with van der Waals surface area (Å²) >= 11 is 0. The lowest BCUT2D eigenvalue weighted by atomic mass is 9.73. The topological polar surface area (TPSA) is 87.7 Å². The van der Waals surface area contributed by atoms with Crippen LogP contribution < -0.4 is 0 Å². The van der Waals surface area contributed by atoms with Crippen molar-refractivity contribution in [3.63, 3.8) is 0 Å². The van der Waals surface area contributed by atoms with E-state index in [9.17, 15) is 18.6 Å². The minimum absolute atomic E-state index is 0.0365. The van der Waals surface area contributed by atoms with Crippen molar-refractivity contribution in [2.75, 3.05) is 24.7 Å². The zero-order valence-electron chi connectivity index (χ0n) is 10.1. The molecule has 0 radical (unpaired) electrons. The average Bonchev–Trinajstić information content (AvgIpc) is 2.95. The fourth-order valence-electron chi connectivity index (χ4n) is 2.60. The van der Waals surface area contributed by atoms with E-state index in [-0.39, 0.29) is 30.6 Å². The maximum Gasteiger partial charge on any atom is 0.150 e. The first-order valence-electron chi connectivity index (χ1n) is 5.96. The molecule has 1 aliphatic rings. The van der Waals surface area contributed by atoms with Crippen molar-refractivity contribution in [2.24, 2.45) is 11.3 Å². The van der Waals surface area contributed by atoms with Gasteiger partial charge < -0.3 is 14.6 Å². The van der Waals surface area contributed by atoms with Gasteiger partial charge in [0, 0.05) is 11.8 Å². The van der Waals surface area contributed by atoms with Crippen molar-refractivity contribution in [1.82, 2.24) is 0 Å². The molecule has 1 aliphatic heterocycles. The second-order valence-corrected chi connectivity index (χ2v) is 7.26. The zero-order valence-corrected chi connectivity index (χ0v) is 10.9. The van der Waals surface area contributed by atoms with E-state index in [1.807, 2.05) is 0 Å². The van der Waals surface area contributed by atoms with Gasteiger partial charge in [-0.25, -0.2) is 8.42 Å². The van der Waals surface area contributed by atoms with Crippen LogP contribution in [-0.2, 0) is 16.3 Å². The fourth-order valence-corrected chi connectivity index (χ4v) is 4.55. The molecule has 0 spiro atoms. The van der Waals surface area contributed by atoms with Gasteiger partial charge in [0.1, 0.15) is 5.76 Å². The van der Waals surface area contributed by atoms with Gasteiger partial charge >= 0.3 is 0 Å². The summed E-state index contributed by atoms with van der Waals surface area (Å²) in [5.74, 6) is 0.608. The predicted octanol–water partition coefficient (Wildman–Crippen LogP) is 0.228. The highest BCUT2D eigenvalue weighted by molar-refractivity contribution is 7.91.